The highest BCUT2D eigenvalue weighted by molar-refractivity contribution is 6.30. The molecule has 1 aliphatic rings. The second-order valence-electron chi connectivity index (χ2n) is 5.44. The van der Waals surface area contributed by atoms with Gasteiger partial charge in [-0.25, -0.2) is 0 Å². The van der Waals surface area contributed by atoms with Gasteiger partial charge < -0.3 is 14.4 Å². The molecule has 4 nitrogen and oxygen atoms in total. The third-order valence-electron chi connectivity index (χ3n) is 3.96. The molecule has 0 saturated carbocycles. The third kappa shape index (κ3) is 3.59. The minimum atomic E-state index is -0.0679. The summed E-state index contributed by atoms with van der Waals surface area (Å²) in [6, 6.07) is 14.8. The maximum Gasteiger partial charge on any atom is 0.260 e. The first kappa shape index (κ1) is 15.7. The van der Waals surface area contributed by atoms with Crippen LogP contribution in [-0.4, -0.2) is 31.1 Å². The van der Waals surface area contributed by atoms with Gasteiger partial charge in [0, 0.05) is 24.1 Å². The maximum atomic E-state index is 12.4. The topological polar surface area (TPSA) is 38.8 Å². The lowest BCUT2D eigenvalue weighted by Crippen LogP contribution is -2.37. The number of halogens is 1. The van der Waals surface area contributed by atoms with Crippen LogP contribution in [0.15, 0.2) is 48.5 Å². The fourth-order valence-corrected chi connectivity index (χ4v) is 2.80. The van der Waals surface area contributed by atoms with Gasteiger partial charge in [-0.2, -0.15) is 0 Å². The average Bonchev–Trinajstić information content (AvgIpc) is 2.60. The number of carbonyl (C=O) groups excluding carboxylic acids is 1. The fourth-order valence-electron chi connectivity index (χ4n) is 2.68. The van der Waals surface area contributed by atoms with Crippen LogP contribution in [0.5, 0.6) is 11.5 Å². The van der Waals surface area contributed by atoms with E-state index in [0.717, 1.165) is 17.7 Å². The molecule has 1 unspecified atom stereocenters. The van der Waals surface area contributed by atoms with Gasteiger partial charge in [0.15, 0.2) is 6.61 Å². The smallest absolute Gasteiger partial charge is 0.260 e. The molecule has 0 aliphatic carbocycles. The van der Waals surface area contributed by atoms with Crippen LogP contribution in [0, 0.1) is 0 Å². The van der Waals surface area contributed by atoms with Crippen molar-refractivity contribution in [3.63, 3.8) is 0 Å². The summed E-state index contributed by atoms with van der Waals surface area (Å²) in [6.07, 6.45) is 0.778. The van der Waals surface area contributed by atoms with Crippen molar-refractivity contribution in [2.75, 3.05) is 20.3 Å². The molecule has 3 rings (SSSR count). The van der Waals surface area contributed by atoms with Crippen LogP contribution >= 0.6 is 11.6 Å². The Morgan fingerprint density at radius 1 is 1.26 bits per heavy atom. The van der Waals surface area contributed by atoms with Gasteiger partial charge in [-0.15, -0.1) is 0 Å². The Morgan fingerprint density at radius 3 is 2.78 bits per heavy atom. The summed E-state index contributed by atoms with van der Waals surface area (Å²) in [5.74, 6) is 1.41. The molecule has 2 aromatic carbocycles. The molecule has 2 aromatic rings. The number of hydrogen-bond acceptors (Lipinski definition) is 3. The standard InChI is InChI=1S/C18H18ClNO3/c1-20(16-10-11-22-17-5-3-2-4-15(16)17)18(21)12-23-14-8-6-13(19)7-9-14/h2-9,16H,10-12H2,1H3. The number of hydrogen-bond donors (Lipinski definition) is 0. The molecule has 0 bridgehead atoms. The molecule has 0 aromatic heterocycles. The normalized spacial score (nSPS) is 16.2. The van der Waals surface area contributed by atoms with E-state index < -0.39 is 0 Å². The molecule has 1 heterocycles. The Kier molecular flexibility index (Phi) is 4.72. The number of fused-ring (bicyclic) bond motifs is 1. The molecule has 23 heavy (non-hydrogen) atoms. The lowest BCUT2D eigenvalue weighted by molar-refractivity contribution is -0.134. The van der Waals surface area contributed by atoms with E-state index >= 15 is 0 Å². The molecule has 0 saturated heterocycles. The average molecular weight is 332 g/mol. The summed E-state index contributed by atoms with van der Waals surface area (Å²) in [6.45, 7) is 0.606. The van der Waals surface area contributed by atoms with E-state index in [4.69, 9.17) is 21.1 Å². The second kappa shape index (κ2) is 6.92. The first-order valence-corrected chi connectivity index (χ1v) is 7.88. The molecule has 1 amide bonds. The van der Waals surface area contributed by atoms with Crippen LogP contribution in [0.1, 0.15) is 18.0 Å². The Bertz CT molecular complexity index is 687. The number of amides is 1. The molecular formula is C18H18ClNO3. The molecule has 0 N–H and O–H groups in total. The highest BCUT2D eigenvalue weighted by Gasteiger charge is 2.27. The monoisotopic (exact) mass is 331 g/mol. The number of rotatable bonds is 4. The highest BCUT2D eigenvalue weighted by Crippen LogP contribution is 2.35. The number of likely N-dealkylation sites (N-methyl/N-ethyl adjacent to an activating group) is 1. The van der Waals surface area contributed by atoms with E-state index in [1.165, 1.54) is 0 Å². The van der Waals surface area contributed by atoms with Crippen LogP contribution in [-0.2, 0) is 4.79 Å². The molecule has 120 valence electrons. The van der Waals surface area contributed by atoms with Crippen molar-refractivity contribution in [2.45, 2.75) is 12.5 Å². The van der Waals surface area contributed by atoms with E-state index in [-0.39, 0.29) is 18.6 Å². The molecule has 0 spiro atoms. The van der Waals surface area contributed by atoms with Gasteiger partial charge in [-0.05, 0) is 30.3 Å². The zero-order chi connectivity index (χ0) is 16.2. The molecule has 0 radical (unpaired) electrons. The van der Waals surface area contributed by atoms with Crippen molar-refractivity contribution in [1.82, 2.24) is 4.90 Å². The Balaban J connectivity index is 1.65. The number of nitrogens with zero attached hydrogens (tertiary/aromatic N) is 1. The number of ether oxygens (including phenoxy) is 2. The highest BCUT2D eigenvalue weighted by atomic mass is 35.5. The van der Waals surface area contributed by atoms with Crippen LogP contribution in [0.3, 0.4) is 0 Å². The van der Waals surface area contributed by atoms with Gasteiger partial charge in [0.05, 0.1) is 12.6 Å². The van der Waals surface area contributed by atoms with Crippen molar-refractivity contribution in [2.24, 2.45) is 0 Å². The van der Waals surface area contributed by atoms with Crippen LogP contribution in [0.2, 0.25) is 5.02 Å². The SMILES string of the molecule is CN(C(=O)COc1ccc(Cl)cc1)C1CCOc2ccccc21. The quantitative estimate of drug-likeness (QED) is 0.857. The zero-order valence-electron chi connectivity index (χ0n) is 12.9. The van der Waals surface area contributed by atoms with Gasteiger partial charge in [0.25, 0.3) is 5.91 Å². The first-order chi connectivity index (χ1) is 11.1. The number of carbonyl (C=O) groups is 1. The van der Waals surface area contributed by atoms with E-state index in [9.17, 15) is 4.79 Å². The van der Waals surface area contributed by atoms with Crippen LogP contribution in [0.25, 0.3) is 0 Å². The molecule has 0 fully saturated rings. The molecule has 5 heteroatoms. The van der Waals surface area contributed by atoms with E-state index in [0.29, 0.717) is 17.4 Å². The molecular weight excluding hydrogens is 314 g/mol. The lowest BCUT2D eigenvalue weighted by atomic mass is 9.99. The van der Waals surface area contributed by atoms with E-state index in [2.05, 4.69) is 0 Å². The van der Waals surface area contributed by atoms with Gasteiger partial charge in [0.1, 0.15) is 11.5 Å². The summed E-state index contributed by atoms with van der Waals surface area (Å²) in [5.41, 5.74) is 1.04. The zero-order valence-corrected chi connectivity index (χ0v) is 13.6. The Morgan fingerprint density at radius 2 is 2.00 bits per heavy atom. The number of benzene rings is 2. The van der Waals surface area contributed by atoms with Gasteiger partial charge in [-0.3, -0.25) is 4.79 Å². The fraction of sp³-hybridized carbons (Fsp3) is 0.278. The maximum absolute atomic E-state index is 12.4. The predicted octanol–water partition coefficient (Wildman–Crippen LogP) is 3.70. The Labute approximate surface area is 140 Å². The summed E-state index contributed by atoms with van der Waals surface area (Å²) >= 11 is 5.83. The summed E-state index contributed by atoms with van der Waals surface area (Å²) in [7, 11) is 1.81. The third-order valence-corrected chi connectivity index (χ3v) is 4.22. The van der Waals surface area contributed by atoms with E-state index in [1.54, 1.807) is 36.2 Å². The van der Waals surface area contributed by atoms with Crippen LogP contribution < -0.4 is 9.47 Å². The first-order valence-electron chi connectivity index (χ1n) is 7.51. The lowest BCUT2D eigenvalue weighted by Gasteiger charge is -2.33. The predicted molar refractivity (Wildman–Crippen MR) is 89.0 cm³/mol. The van der Waals surface area contributed by atoms with Crippen molar-refractivity contribution >= 4 is 17.5 Å². The molecule has 1 atom stereocenters. The largest absolute Gasteiger partial charge is 0.493 e. The number of para-hydroxylation sites is 1. The minimum absolute atomic E-state index is 0.00232. The Hall–Kier alpha value is -2.20. The van der Waals surface area contributed by atoms with Gasteiger partial charge in [0.2, 0.25) is 0 Å². The van der Waals surface area contributed by atoms with Crippen LogP contribution in [0.4, 0.5) is 0 Å². The summed E-state index contributed by atoms with van der Waals surface area (Å²) in [5, 5.41) is 0.639. The van der Waals surface area contributed by atoms with Gasteiger partial charge in [-0.1, -0.05) is 29.8 Å². The van der Waals surface area contributed by atoms with Crippen molar-refractivity contribution < 1.29 is 14.3 Å². The van der Waals surface area contributed by atoms with Gasteiger partial charge >= 0.3 is 0 Å². The second-order valence-corrected chi connectivity index (χ2v) is 5.87. The van der Waals surface area contributed by atoms with Crippen molar-refractivity contribution in [3.8, 4) is 11.5 Å². The minimum Gasteiger partial charge on any atom is -0.493 e. The summed E-state index contributed by atoms with van der Waals surface area (Å²) < 4.78 is 11.2. The summed E-state index contributed by atoms with van der Waals surface area (Å²) in [4.78, 5) is 14.2. The van der Waals surface area contributed by atoms with Crippen molar-refractivity contribution in [3.05, 3.63) is 59.1 Å². The molecule has 1 aliphatic heterocycles. The van der Waals surface area contributed by atoms with E-state index in [1.807, 2.05) is 24.3 Å². The van der Waals surface area contributed by atoms with Crippen molar-refractivity contribution in [1.29, 1.82) is 0 Å².